The van der Waals surface area contributed by atoms with Crippen molar-refractivity contribution in [2.24, 2.45) is 0 Å². The van der Waals surface area contributed by atoms with E-state index in [4.69, 9.17) is 4.74 Å². The van der Waals surface area contributed by atoms with Crippen LogP contribution in [0.15, 0.2) is 24.3 Å². The van der Waals surface area contributed by atoms with Gasteiger partial charge >= 0.3 is 0 Å². The Bertz CT molecular complexity index is 353. The number of rotatable bonds is 2. The molecular weight excluding hydrogens is 190 g/mol. The fraction of sp³-hybridized carbons (Fsp3) is 0.417. The lowest BCUT2D eigenvalue weighted by Gasteiger charge is -2.21. The molecule has 0 aliphatic heterocycles. The van der Waals surface area contributed by atoms with Gasteiger partial charge in [0.05, 0.1) is 12.7 Å². The number of nitrogens with one attached hydrogen (secondary N) is 1. The molecule has 15 heavy (non-hydrogen) atoms. The van der Waals surface area contributed by atoms with Gasteiger partial charge in [-0.1, -0.05) is 12.1 Å². The van der Waals surface area contributed by atoms with E-state index in [2.05, 4.69) is 5.32 Å². The van der Waals surface area contributed by atoms with E-state index in [-0.39, 0.29) is 11.4 Å². The molecule has 0 aliphatic carbocycles. The van der Waals surface area contributed by atoms with Crippen molar-refractivity contribution in [3.63, 3.8) is 0 Å². The van der Waals surface area contributed by atoms with E-state index >= 15 is 0 Å². The van der Waals surface area contributed by atoms with E-state index in [0.29, 0.717) is 11.3 Å². The number of carbonyl (C=O) groups is 1. The highest BCUT2D eigenvalue weighted by molar-refractivity contribution is 5.97. The molecule has 1 aromatic carbocycles. The Hall–Kier alpha value is -1.51. The van der Waals surface area contributed by atoms with E-state index in [9.17, 15) is 4.79 Å². The summed E-state index contributed by atoms with van der Waals surface area (Å²) in [6.45, 7) is 5.83. The van der Waals surface area contributed by atoms with Crippen LogP contribution in [0, 0.1) is 0 Å². The average molecular weight is 207 g/mol. The maximum Gasteiger partial charge on any atom is 0.255 e. The van der Waals surface area contributed by atoms with E-state index in [1.165, 1.54) is 0 Å². The van der Waals surface area contributed by atoms with Gasteiger partial charge in [-0.15, -0.1) is 0 Å². The lowest BCUT2D eigenvalue weighted by Crippen LogP contribution is -2.40. The molecule has 1 aromatic rings. The Morgan fingerprint density at radius 1 is 1.27 bits per heavy atom. The lowest BCUT2D eigenvalue weighted by molar-refractivity contribution is 0.0916. The van der Waals surface area contributed by atoms with Gasteiger partial charge in [0.1, 0.15) is 5.75 Å². The second-order valence-corrected chi connectivity index (χ2v) is 4.40. The van der Waals surface area contributed by atoms with Crippen molar-refractivity contribution in [1.82, 2.24) is 5.32 Å². The zero-order chi connectivity index (χ0) is 11.5. The number of carbonyl (C=O) groups excluding carboxylic acids is 1. The van der Waals surface area contributed by atoms with E-state index < -0.39 is 0 Å². The zero-order valence-corrected chi connectivity index (χ0v) is 9.63. The van der Waals surface area contributed by atoms with Crippen molar-refractivity contribution in [2.75, 3.05) is 7.11 Å². The molecule has 1 N–H and O–H groups in total. The second kappa shape index (κ2) is 4.34. The second-order valence-electron chi connectivity index (χ2n) is 4.40. The summed E-state index contributed by atoms with van der Waals surface area (Å²) in [7, 11) is 1.56. The molecule has 0 saturated carbocycles. The van der Waals surface area contributed by atoms with Crippen molar-refractivity contribution in [3.05, 3.63) is 29.8 Å². The highest BCUT2D eigenvalue weighted by Crippen LogP contribution is 2.17. The Morgan fingerprint density at radius 3 is 2.40 bits per heavy atom. The molecule has 0 unspecified atom stereocenters. The summed E-state index contributed by atoms with van der Waals surface area (Å²) in [4.78, 5) is 11.8. The minimum Gasteiger partial charge on any atom is -0.496 e. The van der Waals surface area contributed by atoms with Crippen molar-refractivity contribution >= 4 is 5.91 Å². The minimum absolute atomic E-state index is 0.111. The molecule has 0 aliphatic rings. The molecule has 0 fully saturated rings. The third-order valence-corrected chi connectivity index (χ3v) is 1.84. The Balaban J connectivity index is 2.91. The predicted octanol–water partition coefficient (Wildman–Crippen LogP) is 2.22. The van der Waals surface area contributed by atoms with Gasteiger partial charge in [-0.2, -0.15) is 0 Å². The average Bonchev–Trinajstić information content (AvgIpc) is 2.15. The van der Waals surface area contributed by atoms with Crippen LogP contribution in [0.1, 0.15) is 31.1 Å². The van der Waals surface area contributed by atoms with Crippen molar-refractivity contribution in [2.45, 2.75) is 26.3 Å². The molecule has 0 saturated heterocycles. The maximum atomic E-state index is 11.8. The molecule has 3 heteroatoms. The molecule has 0 aromatic heterocycles. The van der Waals surface area contributed by atoms with Crippen molar-refractivity contribution in [1.29, 1.82) is 0 Å². The molecule has 82 valence electrons. The molecule has 0 radical (unpaired) electrons. The van der Waals surface area contributed by atoms with Gasteiger partial charge in [-0.05, 0) is 32.9 Å². The van der Waals surface area contributed by atoms with E-state index in [0.717, 1.165) is 0 Å². The Morgan fingerprint density at radius 2 is 1.87 bits per heavy atom. The quantitative estimate of drug-likeness (QED) is 0.807. The first-order chi connectivity index (χ1) is 6.94. The summed E-state index contributed by atoms with van der Waals surface area (Å²) in [6.07, 6.45) is 0. The molecule has 0 spiro atoms. The summed E-state index contributed by atoms with van der Waals surface area (Å²) in [5.41, 5.74) is 0.327. The number of hydrogen-bond acceptors (Lipinski definition) is 2. The van der Waals surface area contributed by atoms with Gasteiger partial charge < -0.3 is 10.1 Å². The van der Waals surface area contributed by atoms with Gasteiger partial charge in [-0.3, -0.25) is 4.79 Å². The van der Waals surface area contributed by atoms with Crippen molar-refractivity contribution < 1.29 is 9.53 Å². The Kier molecular flexibility index (Phi) is 3.35. The van der Waals surface area contributed by atoms with Crippen LogP contribution in [0.2, 0.25) is 0 Å². The van der Waals surface area contributed by atoms with E-state index in [1.807, 2.05) is 32.9 Å². The van der Waals surface area contributed by atoms with Crippen LogP contribution in [0.4, 0.5) is 0 Å². The van der Waals surface area contributed by atoms with Gasteiger partial charge in [0, 0.05) is 5.54 Å². The molecule has 0 heterocycles. The number of benzene rings is 1. The first kappa shape index (κ1) is 11.6. The van der Waals surface area contributed by atoms with Gasteiger partial charge in [0.2, 0.25) is 0 Å². The summed E-state index contributed by atoms with van der Waals surface area (Å²) >= 11 is 0. The first-order valence-corrected chi connectivity index (χ1v) is 4.89. The predicted molar refractivity (Wildman–Crippen MR) is 60.2 cm³/mol. The number of ether oxygens (including phenoxy) is 1. The van der Waals surface area contributed by atoms with Gasteiger partial charge in [0.25, 0.3) is 5.91 Å². The van der Waals surface area contributed by atoms with Crippen LogP contribution in [-0.2, 0) is 0 Å². The van der Waals surface area contributed by atoms with E-state index in [1.54, 1.807) is 19.2 Å². The lowest BCUT2D eigenvalue weighted by atomic mass is 10.1. The van der Waals surface area contributed by atoms with Crippen LogP contribution in [0.25, 0.3) is 0 Å². The number of para-hydroxylation sites is 1. The SMILES string of the molecule is COc1ccccc1C(=O)NC(C)(C)C. The zero-order valence-electron chi connectivity index (χ0n) is 9.63. The van der Waals surface area contributed by atoms with Gasteiger partial charge in [0.15, 0.2) is 0 Å². The highest BCUT2D eigenvalue weighted by Gasteiger charge is 2.17. The number of hydrogen-bond donors (Lipinski definition) is 1. The van der Waals surface area contributed by atoms with Crippen LogP contribution in [-0.4, -0.2) is 18.6 Å². The normalized spacial score (nSPS) is 10.9. The maximum absolute atomic E-state index is 11.8. The monoisotopic (exact) mass is 207 g/mol. The summed E-state index contributed by atoms with van der Waals surface area (Å²) < 4.78 is 5.12. The van der Waals surface area contributed by atoms with Gasteiger partial charge in [-0.25, -0.2) is 0 Å². The molecule has 1 rings (SSSR count). The third kappa shape index (κ3) is 3.27. The molecule has 3 nitrogen and oxygen atoms in total. The van der Waals surface area contributed by atoms with Crippen LogP contribution >= 0.6 is 0 Å². The Labute approximate surface area is 90.4 Å². The fourth-order valence-electron chi connectivity index (χ4n) is 1.24. The first-order valence-electron chi connectivity index (χ1n) is 4.89. The highest BCUT2D eigenvalue weighted by atomic mass is 16.5. The number of amides is 1. The molecule has 1 amide bonds. The third-order valence-electron chi connectivity index (χ3n) is 1.84. The topological polar surface area (TPSA) is 38.3 Å². The van der Waals surface area contributed by atoms with Crippen LogP contribution < -0.4 is 10.1 Å². The summed E-state index contributed by atoms with van der Waals surface area (Å²) in [5, 5.41) is 2.89. The standard InChI is InChI=1S/C12H17NO2/c1-12(2,3)13-11(14)9-7-5-6-8-10(9)15-4/h5-8H,1-4H3,(H,13,14). The van der Waals surface area contributed by atoms with Crippen LogP contribution in [0.5, 0.6) is 5.75 Å². The van der Waals surface area contributed by atoms with Crippen LogP contribution in [0.3, 0.4) is 0 Å². The smallest absolute Gasteiger partial charge is 0.255 e. The fourth-order valence-corrected chi connectivity index (χ4v) is 1.24. The number of methoxy groups -OCH3 is 1. The molecular formula is C12H17NO2. The molecule has 0 bridgehead atoms. The largest absolute Gasteiger partial charge is 0.496 e. The summed E-state index contributed by atoms with van der Waals surface area (Å²) in [5.74, 6) is 0.485. The van der Waals surface area contributed by atoms with Crippen molar-refractivity contribution in [3.8, 4) is 5.75 Å². The molecule has 0 atom stereocenters. The minimum atomic E-state index is -0.238. The summed E-state index contributed by atoms with van der Waals surface area (Å²) in [6, 6.07) is 7.18.